The summed E-state index contributed by atoms with van der Waals surface area (Å²) in [6, 6.07) is 9.85. The van der Waals surface area contributed by atoms with Crippen LogP contribution in [0.2, 0.25) is 0 Å². The molecule has 0 bridgehead atoms. The molecule has 0 unspecified atom stereocenters. The van der Waals surface area contributed by atoms with E-state index in [0.29, 0.717) is 11.1 Å². The zero-order valence-corrected chi connectivity index (χ0v) is 11.7. The topological polar surface area (TPSA) is 30.2 Å². The molecule has 0 fully saturated rings. The minimum atomic E-state index is 0.0267. The molecule has 3 aromatic rings. The van der Waals surface area contributed by atoms with Crippen LogP contribution in [0.5, 0.6) is 0 Å². The van der Waals surface area contributed by atoms with E-state index >= 15 is 0 Å². The highest BCUT2D eigenvalue weighted by Gasteiger charge is 2.15. The number of para-hydroxylation sites is 1. The first-order valence-corrected chi connectivity index (χ1v) is 6.49. The number of fused-ring (bicyclic) bond motifs is 3. The Kier molecular flexibility index (Phi) is 2.52. The van der Waals surface area contributed by atoms with Gasteiger partial charge in [0.05, 0.1) is 10.0 Å². The van der Waals surface area contributed by atoms with E-state index in [9.17, 15) is 4.79 Å². The van der Waals surface area contributed by atoms with Gasteiger partial charge < -0.3 is 4.42 Å². The van der Waals surface area contributed by atoms with Gasteiger partial charge in [0.25, 0.3) is 0 Å². The van der Waals surface area contributed by atoms with Gasteiger partial charge in [-0.2, -0.15) is 0 Å². The number of benzene rings is 2. The monoisotopic (exact) mass is 302 g/mol. The fourth-order valence-electron chi connectivity index (χ4n) is 2.27. The molecular formula is C15H11BrO2. The molecule has 0 aliphatic carbocycles. The fourth-order valence-corrected chi connectivity index (χ4v) is 2.72. The second-order valence-electron chi connectivity index (χ2n) is 4.46. The Bertz CT molecular complexity index is 784. The molecule has 0 amide bonds. The molecule has 0 radical (unpaired) electrons. The Morgan fingerprint density at radius 2 is 1.94 bits per heavy atom. The molecule has 3 heteroatoms. The van der Waals surface area contributed by atoms with Crippen molar-refractivity contribution in [3.8, 4) is 0 Å². The maximum Gasteiger partial charge on any atom is 0.163 e. The first-order chi connectivity index (χ1) is 8.58. The summed E-state index contributed by atoms with van der Waals surface area (Å²) in [6.07, 6.45) is 0. The predicted molar refractivity (Wildman–Crippen MR) is 76.2 cm³/mol. The summed E-state index contributed by atoms with van der Waals surface area (Å²) in [6.45, 7) is 3.55. The average molecular weight is 303 g/mol. The molecule has 0 atom stereocenters. The number of rotatable bonds is 1. The summed E-state index contributed by atoms with van der Waals surface area (Å²) >= 11 is 3.48. The molecule has 1 heterocycles. The Morgan fingerprint density at radius 3 is 2.67 bits per heavy atom. The molecule has 18 heavy (non-hydrogen) atoms. The number of carbonyl (C=O) groups excluding carboxylic acids is 1. The van der Waals surface area contributed by atoms with Crippen molar-refractivity contribution >= 4 is 43.7 Å². The first-order valence-electron chi connectivity index (χ1n) is 5.70. The zero-order valence-electron chi connectivity index (χ0n) is 10.1. The number of ketones is 1. The van der Waals surface area contributed by atoms with E-state index in [4.69, 9.17) is 4.42 Å². The van der Waals surface area contributed by atoms with Gasteiger partial charge in [0.2, 0.25) is 0 Å². The van der Waals surface area contributed by atoms with Crippen LogP contribution >= 0.6 is 15.9 Å². The van der Waals surface area contributed by atoms with Gasteiger partial charge in [0.1, 0.15) is 11.2 Å². The van der Waals surface area contributed by atoms with Crippen molar-refractivity contribution in [1.82, 2.24) is 0 Å². The second-order valence-corrected chi connectivity index (χ2v) is 5.32. The highest BCUT2D eigenvalue weighted by atomic mass is 79.9. The van der Waals surface area contributed by atoms with Crippen molar-refractivity contribution in [1.29, 1.82) is 0 Å². The third kappa shape index (κ3) is 1.58. The molecule has 90 valence electrons. The minimum absolute atomic E-state index is 0.0267. The van der Waals surface area contributed by atoms with E-state index in [1.807, 2.05) is 31.2 Å². The number of halogens is 1. The van der Waals surface area contributed by atoms with Gasteiger partial charge >= 0.3 is 0 Å². The van der Waals surface area contributed by atoms with E-state index in [0.717, 1.165) is 26.4 Å². The van der Waals surface area contributed by atoms with Crippen LogP contribution in [-0.4, -0.2) is 5.78 Å². The maximum atomic E-state index is 11.7. The molecule has 0 saturated carbocycles. The Labute approximate surface area is 113 Å². The molecule has 0 spiro atoms. The summed E-state index contributed by atoms with van der Waals surface area (Å²) in [7, 11) is 0. The van der Waals surface area contributed by atoms with Crippen molar-refractivity contribution in [2.45, 2.75) is 13.8 Å². The SMILES string of the molecule is CC(=O)c1cc(C)cc2c1oc1c(Br)cccc12. The Hall–Kier alpha value is -1.61. The third-order valence-corrected chi connectivity index (χ3v) is 3.70. The molecule has 2 nitrogen and oxygen atoms in total. The van der Waals surface area contributed by atoms with Gasteiger partial charge in [-0.15, -0.1) is 0 Å². The Balaban J connectivity index is 2.57. The minimum Gasteiger partial charge on any atom is -0.454 e. The van der Waals surface area contributed by atoms with E-state index in [2.05, 4.69) is 22.0 Å². The molecule has 1 aromatic heterocycles. The summed E-state index contributed by atoms with van der Waals surface area (Å²) in [5, 5.41) is 2.03. The van der Waals surface area contributed by atoms with Gasteiger partial charge in [-0.3, -0.25) is 4.79 Å². The zero-order chi connectivity index (χ0) is 12.9. The summed E-state index contributed by atoms with van der Waals surface area (Å²) < 4.78 is 6.77. The van der Waals surface area contributed by atoms with Crippen LogP contribution in [0.25, 0.3) is 21.9 Å². The van der Waals surface area contributed by atoms with E-state index in [1.54, 1.807) is 6.92 Å². The van der Waals surface area contributed by atoms with E-state index < -0.39 is 0 Å². The number of aryl methyl sites for hydroxylation is 1. The number of carbonyl (C=O) groups is 1. The standard InChI is InChI=1S/C15H11BrO2/c1-8-6-11(9(2)17)14-12(7-8)10-4-3-5-13(16)15(10)18-14/h3-7H,1-2H3. The quantitative estimate of drug-likeness (QED) is 0.601. The van der Waals surface area contributed by atoms with Crippen LogP contribution in [0, 0.1) is 6.92 Å². The smallest absolute Gasteiger partial charge is 0.163 e. The maximum absolute atomic E-state index is 11.7. The summed E-state index contributed by atoms with van der Waals surface area (Å²) in [5.74, 6) is 0.0267. The van der Waals surface area contributed by atoms with Crippen LogP contribution in [0.15, 0.2) is 39.2 Å². The number of hydrogen-bond donors (Lipinski definition) is 0. The molecule has 0 saturated heterocycles. The lowest BCUT2D eigenvalue weighted by molar-refractivity contribution is 0.101. The van der Waals surface area contributed by atoms with Gasteiger partial charge in [-0.05, 0) is 53.5 Å². The highest BCUT2D eigenvalue weighted by molar-refractivity contribution is 9.10. The molecular weight excluding hydrogens is 292 g/mol. The lowest BCUT2D eigenvalue weighted by Crippen LogP contribution is -1.93. The third-order valence-electron chi connectivity index (χ3n) is 3.07. The van der Waals surface area contributed by atoms with Gasteiger partial charge in [-0.25, -0.2) is 0 Å². The normalized spacial score (nSPS) is 11.3. The van der Waals surface area contributed by atoms with Crippen LogP contribution in [0.4, 0.5) is 0 Å². The van der Waals surface area contributed by atoms with Crippen molar-refractivity contribution in [2.24, 2.45) is 0 Å². The van der Waals surface area contributed by atoms with Crippen molar-refractivity contribution < 1.29 is 9.21 Å². The van der Waals surface area contributed by atoms with Crippen LogP contribution in [-0.2, 0) is 0 Å². The lowest BCUT2D eigenvalue weighted by Gasteiger charge is -1.99. The van der Waals surface area contributed by atoms with Crippen molar-refractivity contribution in [3.63, 3.8) is 0 Å². The highest BCUT2D eigenvalue weighted by Crippen LogP contribution is 2.35. The summed E-state index contributed by atoms with van der Waals surface area (Å²) in [4.78, 5) is 11.7. The molecule has 0 aliphatic heterocycles. The Morgan fingerprint density at radius 1 is 1.17 bits per heavy atom. The number of hydrogen-bond acceptors (Lipinski definition) is 2. The van der Waals surface area contributed by atoms with Crippen LogP contribution in [0.1, 0.15) is 22.8 Å². The van der Waals surface area contributed by atoms with E-state index in [-0.39, 0.29) is 5.78 Å². The fraction of sp³-hybridized carbons (Fsp3) is 0.133. The molecule has 3 rings (SSSR count). The van der Waals surface area contributed by atoms with Gasteiger partial charge in [0.15, 0.2) is 5.78 Å². The lowest BCUT2D eigenvalue weighted by atomic mass is 10.0. The number of Topliss-reactive ketones (excluding diaryl/α,β-unsaturated/α-hetero) is 1. The first kappa shape index (κ1) is 11.5. The molecule has 0 N–H and O–H groups in total. The average Bonchev–Trinajstić information content (AvgIpc) is 2.68. The van der Waals surface area contributed by atoms with Gasteiger partial charge in [-0.1, -0.05) is 12.1 Å². The predicted octanol–water partition coefficient (Wildman–Crippen LogP) is 4.86. The van der Waals surface area contributed by atoms with Gasteiger partial charge in [0, 0.05) is 10.8 Å². The molecule has 2 aromatic carbocycles. The second kappa shape index (κ2) is 3.95. The van der Waals surface area contributed by atoms with E-state index in [1.165, 1.54) is 0 Å². The van der Waals surface area contributed by atoms with Crippen molar-refractivity contribution in [3.05, 3.63) is 45.9 Å². The largest absolute Gasteiger partial charge is 0.454 e. The van der Waals surface area contributed by atoms with Crippen LogP contribution < -0.4 is 0 Å². The van der Waals surface area contributed by atoms with Crippen LogP contribution in [0.3, 0.4) is 0 Å². The number of furan rings is 1. The molecule has 0 aliphatic rings. The summed E-state index contributed by atoms with van der Waals surface area (Å²) in [5.41, 5.74) is 3.18. The van der Waals surface area contributed by atoms with Crippen molar-refractivity contribution in [2.75, 3.05) is 0 Å².